The molecule has 0 rings (SSSR count). The summed E-state index contributed by atoms with van der Waals surface area (Å²) in [5.41, 5.74) is 0. The van der Waals surface area contributed by atoms with Crippen molar-refractivity contribution in [3.05, 3.63) is 0 Å². The van der Waals surface area contributed by atoms with E-state index in [0.717, 1.165) is 0 Å². The summed E-state index contributed by atoms with van der Waals surface area (Å²) < 4.78 is 46.3. The van der Waals surface area contributed by atoms with Crippen LogP contribution in [-0.4, -0.2) is 164 Å². The van der Waals surface area contributed by atoms with Gasteiger partial charge in [0, 0.05) is 0 Å². The van der Waals surface area contributed by atoms with E-state index in [1.54, 1.807) is 0 Å². The van der Waals surface area contributed by atoms with E-state index in [0.29, 0.717) is 6.47 Å². The molecule has 19 heteroatoms. The first-order chi connectivity index (χ1) is 8.66. The first kappa shape index (κ1) is 56.5. The Balaban J connectivity index is -0.0000000131. The summed E-state index contributed by atoms with van der Waals surface area (Å²) in [4.78, 5) is 40.7. The van der Waals surface area contributed by atoms with Crippen LogP contribution in [0.15, 0.2) is 0 Å². The second-order valence-electron chi connectivity index (χ2n) is 0.933. The third-order valence-corrected chi connectivity index (χ3v) is 0. The fourth-order valence-electron chi connectivity index (χ4n) is 0. The summed E-state index contributed by atoms with van der Waals surface area (Å²) in [5, 5.41) is 6.76. The number of aliphatic hydroxyl groups excluding tert-OH is 1. The van der Waals surface area contributed by atoms with Crippen molar-refractivity contribution in [3.63, 3.8) is 0 Å². The Morgan fingerprint density at radius 2 is 1.00 bits per heavy atom. The van der Waals surface area contributed by atoms with Crippen LogP contribution in [0.5, 0.6) is 0 Å². The molecule has 120 valence electrons. The van der Waals surface area contributed by atoms with Crippen LogP contribution in [0.1, 0.15) is 0 Å². The fourth-order valence-corrected chi connectivity index (χ4v) is 0. The molecule has 0 amide bonds. The van der Waals surface area contributed by atoms with E-state index in [1.165, 1.54) is 0 Å². The minimum absolute atomic E-state index is 0. The van der Waals surface area contributed by atoms with Crippen LogP contribution >= 0.6 is 0 Å². The van der Waals surface area contributed by atoms with Crippen molar-refractivity contribution in [1.29, 1.82) is 0 Å². The molecule has 0 radical (unpaired) electrons. The molecule has 0 aliphatic heterocycles. The van der Waals surface area contributed by atoms with Crippen molar-refractivity contribution in [3.8, 4) is 0 Å². The number of rotatable bonds is 0. The molecule has 14 nitrogen and oxygen atoms in total. The molecule has 0 heterocycles. The van der Waals surface area contributed by atoms with Crippen molar-refractivity contribution < 1.29 is 63.2 Å². The van der Waals surface area contributed by atoms with E-state index >= 15 is 0 Å². The first-order valence-corrected chi connectivity index (χ1v) is 8.60. The number of hydrogen-bond donors (Lipinski definition) is 3. The maximum absolute atomic E-state index is 9.35. The molecule has 0 aromatic carbocycles. The molecule has 0 aliphatic rings. The summed E-state index contributed by atoms with van der Waals surface area (Å²) in [6.07, 6.45) is 0.500. The van der Waals surface area contributed by atoms with Crippen molar-refractivity contribution >= 4 is 142 Å². The van der Waals surface area contributed by atoms with E-state index < -0.39 is 16.0 Å². The van der Waals surface area contributed by atoms with Crippen molar-refractivity contribution in [2.24, 2.45) is 0 Å². The van der Waals surface area contributed by atoms with Crippen LogP contribution in [0, 0.1) is 0 Å². The minimum atomic E-state index is -3.29. The Morgan fingerprint density at radius 1 is 1.00 bits per heavy atom. The molecule has 0 aromatic heterocycles. The molecule has 0 spiro atoms. The van der Waals surface area contributed by atoms with E-state index in [-0.39, 0.29) is 130 Å². The van der Waals surface area contributed by atoms with Gasteiger partial charge in [-0.1, -0.05) is 6.47 Å². The average molecular weight is 450 g/mol. The first-order valence-electron chi connectivity index (χ1n) is 2.69. The predicted molar refractivity (Wildman–Crippen MR) is 64.2 cm³/mol. The Kier molecular flexibility index (Phi) is 201. The van der Waals surface area contributed by atoms with Gasteiger partial charge in [0.25, 0.3) is 0 Å². The molecule has 0 saturated carbocycles. The molecule has 0 saturated heterocycles. The van der Waals surface area contributed by atoms with E-state index in [9.17, 15) is 4.21 Å². The predicted octanol–water partition coefficient (Wildman–Crippen LogP) is -4.81. The van der Waals surface area contributed by atoms with Crippen LogP contribution in [0.3, 0.4) is 0 Å². The van der Waals surface area contributed by atoms with Gasteiger partial charge < -0.3 is 20.9 Å². The Morgan fingerprint density at radius 3 is 1.00 bits per heavy atom. The van der Waals surface area contributed by atoms with Crippen molar-refractivity contribution in [1.82, 2.24) is 0 Å². The van der Waals surface area contributed by atoms with Crippen LogP contribution < -0.4 is 0 Å². The topological polar surface area (TPSA) is 276 Å². The van der Waals surface area contributed by atoms with Gasteiger partial charge in [0.05, 0.1) is 0 Å². The molecular weight excluding hydrogens is 444 g/mol. The van der Waals surface area contributed by atoms with Gasteiger partial charge in [-0.2, -0.15) is 27.6 Å². The van der Waals surface area contributed by atoms with Gasteiger partial charge in [-0.25, -0.2) is 0 Å². The zero-order valence-electron chi connectivity index (χ0n) is 10.4. The monoisotopic (exact) mass is 450 g/mol. The third-order valence-electron chi connectivity index (χ3n) is 0. The van der Waals surface area contributed by atoms with Gasteiger partial charge >= 0.3 is 150 Å². The summed E-state index contributed by atoms with van der Waals surface area (Å²) in [6, 6.07) is 0. The van der Waals surface area contributed by atoms with E-state index in [1.807, 2.05) is 0 Å². The van der Waals surface area contributed by atoms with Crippen LogP contribution in [0.25, 0.3) is 0 Å². The number of hydrogen-bond acceptors (Lipinski definition) is 10. The summed E-state index contributed by atoms with van der Waals surface area (Å²) in [7, 11) is 0. The zero-order chi connectivity index (χ0) is 17.3. The fraction of sp³-hybridized carbons (Fsp3) is 0. The molecular formula is C3H6Ca3O14S2. The SMILES string of the molecule is O.O=C=O.O=C=O.O=S=O.O=[C-]O.O=[S](O)(O)=[Ca].[Ca+2].[OH-].[O]=[Ca]. The van der Waals surface area contributed by atoms with Crippen molar-refractivity contribution in [2.75, 3.05) is 0 Å². The molecule has 0 aromatic rings. The maximum atomic E-state index is 9.35. The van der Waals surface area contributed by atoms with Gasteiger partial charge in [0.15, 0.2) is 0 Å². The quantitative estimate of drug-likeness (QED) is 0.231. The molecule has 0 bridgehead atoms. The van der Waals surface area contributed by atoms with Gasteiger partial charge in [-0.3, -0.25) is 0 Å². The molecule has 0 unspecified atom stereocenters. The number of carbonyl (C=O) groups excluding carboxylic acids is 4. The summed E-state index contributed by atoms with van der Waals surface area (Å²) in [6.45, 7) is 0.500. The summed E-state index contributed by atoms with van der Waals surface area (Å²) in [5.74, 6) is 0. The third kappa shape index (κ3) is 3510. The van der Waals surface area contributed by atoms with Crippen LogP contribution in [0.4, 0.5) is 0 Å². The summed E-state index contributed by atoms with van der Waals surface area (Å²) >= 11 is -0.590. The van der Waals surface area contributed by atoms with Gasteiger partial charge in [-0.05, 0) is 0 Å². The Hall–Kier alpha value is 1.62. The Labute approximate surface area is 201 Å². The second kappa shape index (κ2) is 78.3. The van der Waals surface area contributed by atoms with Gasteiger partial charge in [-0.15, -0.1) is 0 Å². The molecule has 0 fully saturated rings. The standard InChI is InChI=1S/CHO2.2CO2.3Ca.H2O3S.O2S.2H2O.O/c3*2-1-3;;;;1-4(2)3;1-3-2;;;/h(H,2,3);;;;;;(H2,1,2,3);;2*1H2;/q-1;;;;;+2;;;;;/p-1. The van der Waals surface area contributed by atoms with Crippen molar-refractivity contribution in [2.45, 2.75) is 0 Å². The molecule has 0 aliphatic carbocycles. The van der Waals surface area contributed by atoms with Crippen LogP contribution in [-0.2, 0) is 41.5 Å². The van der Waals surface area contributed by atoms with Gasteiger partial charge in [0.2, 0.25) is 0 Å². The Bertz CT molecular complexity index is 324. The average Bonchev–Trinajstić information content (AvgIpc) is 2.22. The zero-order valence-corrected chi connectivity index (χ0v) is 18.7. The normalized spacial score (nSPS) is 4.82. The molecule has 0 atom stereocenters. The van der Waals surface area contributed by atoms with Gasteiger partial charge in [0.1, 0.15) is 0 Å². The van der Waals surface area contributed by atoms with Crippen LogP contribution in [0.2, 0.25) is 0 Å². The molecule has 22 heavy (non-hydrogen) atoms. The second-order valence-corrected chi connectivity index (χ2v) is 5.81. The van der Waals surface area contributed by atoms with E-state index in [4.69, 9.17) is 48.0 Å². The molecule has 6 N–H and O–H groups in total. The van der Waals surface area contributed by atoms with E-state index in [2.05, 4.69) is 0 Å².